The molecule has 2 atom stereocenters. The molecule has 120 valence electrons. The van der Waals surface area contributed by atoms with Crippen LogP contribution in [0.15, 0.2) is 24.3 Å². The van der Waals surface area contributed by atoms with Crippen LogP contribution >= 0.6 is 0 Å². The summed E-state index contributed by atoms with van der Waals surface area (Å²) >= 11 is 0. The molecule has 1 aliphatic heterocycles. The second-order valence-corrected chi connectivity index (χ2v) is 6.79. The van der Waals surface area contributed by atoms with Crippen molar-refractivity contribution in [1.82, 2.24) is 4.90 Å². The number of carboxylic acid groups (broad SMARTS) is 1. The van der Waals surface area contributed by atoms with Gasteiger partial charge in [0.25, 0.3) is 0 Å². The van der Waals surface area contributed by atoms with Crippen LogP contribution in [0.1, 0.15) is 37.8 Å². The largest absolute Gasteiger partial charge is 0.481 e. The van der Waals surface area contributed by atoms with Gasteiger partial charge in [0, 0.05) is 19.0 Å². The van der Waals surface area contributed by atoms with Gasteiger partial charge in [-0.3, -0.25) is 4.79 Å². The fourth-order valence-electron chi connectivity index (χ4n) is 2.85. The van der Waals surface area contributed by atoms with Crippen molar-refractivity contribution in [1.29, 1.82) is 0 Å². The number of hydrogen-bond acceptors (Lipinski definition) is 3. The van der Waals surface area contributed by atoms with Crippen molar-refractivity contribution in [2.24, 2.45) is 5.92 Å². The van der Waals surface area contributed by atoms with E-state index >= 15 is 0 Å². The Labute approximate surface area is 130 Å². The molecule has 0 aliphatic carbocycles. The standard InChI is InChI=1S/C17H23NO4/c1-11-7-5-6-8-12(11)13-9-18(10-14(13)15(19)20)16(21)22-17(2,3)4/h5-8,13-14H,9-10H2,1-4H3,(H,19,20). The molecule has 0 aromatic heterocycles. The Balaban J connectivity index is 2.22. The van der Waals surface area contributed by atoms with E-state index in [1.165, 1.54) is 4.90 Å². The lowest BCUT2D eigenvalue weighted by molar-refractivity contribution is -0.141. The Kier molecular flexibility index (Phi) is 4.44. The third kappa shape index (κ3) is 3.59. The number of rotatable bonds is 2. The number of benzene rings is 1. The summed E-state index contributed by atoms with van der Waals surface area (Å²) in [6.45, 7) is 7.92. The van der Waals surface area contributed by atoms with Crippen molar-refractivity contribution >= 4 is 12.1 Å². The van der Waals surface area contributed by atoms with Gasteiger partial charge < -0.3 is 14.7 Å². The van der Waals surface area contributed by atoms with Crippen molar-refractivity contribution in [2.45, 2.75) is 39.2 Å². The lowest BCUT2D eigenvalue weighted by atomic mass is 9.86. The van der Waals surface area contributed by atoms with Crippen LogP contribution in [0.2, 0.25) is 0 Å². The Morgan fingerprint density at radius 2 is 1.86 bits per heavy atom. The highest BCUT2D eigenvalue weighted by molar-refractivity contribution is 5.76. The molecule has 1 fully saturated rings. The number of carbonyl (C=O) groups excluding carboxylic acids is 1. The maximum absolute atomic E-state index is 12.2. The molecule has 1 saturated heterocycles. The molecule has 0 bridgehead atoms. The first kappa shape index (κ1) is 16.3. The van der Waals surface area contributed by atoms with Crippen molar-refractivity contribution in [3.8, 4) is 0 Å². The molecule has 0 radical (unpaired) electrons. The quantitative estimate of drug-likeness (QED) is 0.912. The van der Waals surface area contributed by atoms with Gasteiger partial charge in [-0.05, 0) is 38.8 Å². The van der Waals surface area contributed by atoms with E-state index in [9.17, 15) is 14.7 Å². The highest BCUT2D eigenvalue weighted by Gasteiger charge is 2.42. The average molecular weight is 305 g/mol. The van der Waals surface area contributed by atoms with E-state index in [1.807, 2.05) is 31.2 Å². The minimum absolute atomic E-state index is 0.184. The van der Waals surface area contributed by atoms with E-state index in [0.717, 1.165) is 11.1 Å². The summed E-state index contributed by atoms with van der Waals surface area (Å²) in [6.07, 6.45) is -0.449. The van der Waals surface area contributed by atoms with Gasteiger partial charge >= 0.3 is 12.1 Å². The number of nitrogens with zero attached hydrogens (tertiary/aromatic N) is 1. The van der Waals surface area contributed by atoms with Crippen LogP contribution < -0.4 is 0 Å². The molecule has 0 saturated carbocycles. The Morgan fingerprint density at radius 3 is 2.41 bits per heavy atom. The van der Waals surface area contributed by atoms with E-state index in [2.05, 4.69) is 0 Å². The maximum Gasteiger partial charge on any atom is 0.410 e. The smallest absolute Gasteiger partial charge is 0.410 e. The molecule has 1 aliphatic rings. The van der Waals surface area contributed by atoms with Crippen molar-refractivity contribution < 1.29 is 19.4 Å². The van der Waals surface area contributed by atoms with Gasteiger partial charge in [0.2, 0.25) is 0 Å². The van der Waals surface area contributed by atoms with E-state index in [0.29, 0.717) is 6.54 Å². The van der Waals surface area contributed by atoms with Gasteiger partial charge in [-0.1, -0.05) is 24.3 Å². The monoisotopic (exact) mass is 305 g/mol. The second kappa shape index (κ2) is 5.99. The summed E-state index contributed by atoms with van der Waals surface area (Å²) in [5, 5.41) is 9.49. The molecule has 1 aromatic rings. The minimum Gasteiger partial charge on any atom is -0.481 e. The van der Waals surface area contributed by atoms with Crippen LogP contribution in [-0.2, 0) is 9.53 Å². The first-order chi connectivity index (χ1) is 10.2. The molecule has 0 spiro atoms. The lowest BCUT2D eigenvalue weighted by Crippen LogP contribution is -2.35. The molecule has 1 N–H and O–H groups in total. The van der Waals surface area contributed by atoms with Gasteiger partial charge in [-0.2, -0.15) is 0 Å². The van der Waals surface area contributed by atoms with Gasteiger partial charge in [0.1, 0.15) is 5.60 Å². The van der Waals surface area contributed by atoms with Crippen LogP contribution in [0.25, 0.3) is 0 Å². The molecule has 2 rings (SSSR count). The predicted molar refractivity (Wildman–Crippen MR) is 82.9 cm³/mol. The van der Waals surface area contributed by atoms with Crippen LogP contribution in [0, 0.1) is 12.8 Å². The molecule has 5 nitrogen and oxygen atoms in total. The number of hydrogen-bond donors (Lipinski definition) is 1. The van der Waals surface area contributed by atoms with Crippen LogP contribution in [0.4, 0.5) is 4.79 Å². The van der Waals surface area contributed by atoms with Gasteiger partial charge in [-0.15, -0.1) is 0 Å². The second-order valence-electron chi connectivity index (χ2n) is 6.79. The number of aryl methyl sites for hydroxylation is 1. The molecular weight excluding hydrogens is 282 g/mol. The van der Waals surface area contributed by atoms with Crippen LogP contribution in [0.5, 0.6) is 0 Å². The fourth-order valence-corrected chi connectivity index (χ4v) is 2.85. The predicted octanol–water partition coefficient (Wildman–Crippen LogP) is 3.03. The van der Waals surface area contributed by atoms with Crippen molar-refractivity contribution in [3.63, 3.8) is 0 Å². The van der Waals surface area contributed by atoms with Gasteiger partial charge in [0.05, 0.1) is 5.92 Å². The first-order valence-corrected chi connectivity index (χ1v) is 7.45. The minimum atomic E-state index is -0.876. The van der Waals surface area contributed by atoms with E-state index in [-0.39, 0.29) is 12.5 Å². The summed E-state index contributed by atoms with van der Waals surface area (Å²) in [5.74, 6) is -1.68. The molecule has 2 unspecified atom stereocenters. The molecule has 1 heterocycles. The summed E-state index contributed by atoms with van der Waals surface area (Å²) in [4.78, 5) is 25.3. The average Bonchev–Trinajstić information content (AvgIpc) is 2.82. The Bertz CT molecular complexity index is 576. The lowest BCUT2D eigenvalue weighted by Gasteiger charge is -2.24. The summed E-state index contributed by atoms with van der Waals surface area (Å²) in [5.41, 5.74) is 1.45. The van der Waals surface area contributed by atoms with Crippen LogP contribution in [0.3, 0.4) is 0 Å². The third-order valence-corrected chi connectivity index (χ3v) is 3.88. The Morgan fingerprint density at radius 1 is 1.23 bits per heavy atom. The normalized spacial score (nSPS) is 21.7. The first-order valence-electron chi connectivity index (χ1n) is 7.45. The van der Waals surface area contributed by atoms with E-state index < -0.39 is 23.6 Å². The van der Waals surface area contributed by atoms with Crippen molar-refractivity contribution in [2.75, 3.05) is 13.1 Å². The summed E-state index contributed by atoms with van der Waals surface area (Å²) in [6, 6.07) is 7.73. The highest BCUT2D eigenvalue weighted by Crippen LogP contribution is 2.35. The Hall–Kier alpha value is -2.04. The molecule has 1 aromatic carbocycles. The fraction of sp³-hybridized carbons (Fsp3) is 0.529. The molecule has 1 amide bonds. The zero-order valence-electron chi connectivity index (χ0n) is 13.5. The number of carboxylic acids is 1. The van der Waals surface area contributed by atoms with Gasteiger partial charge in [0.15, 0.2) is 0 Å². The molecular formula is C17H23NO4. The SMILES string of the molecule is Cc1ccccc1C1CN(C(=O)OC(C)(C)C)CC1C(=O)O. The zero-order chi connectivity index (χ0) is 16.5. The number of likely N-dealkylation sites (tertiary alicyclic amines) is 1. The van der Waals surface area contributed by atoms with Gasteiger partial charge in [-0.25, -0.2) is 4.79 Å². The van der Waals surface area contributed by atoms with Crippen molar-refractivity contribution in [3.05, 3.63) is 35.4 Å². The van der Waals surface area contributed by atoms with Crippen LogP contribution in [-0.4, -0.2) is 40.8 Å². The summed E-state index contributed by atoms with van der Waals surface area (Å²) in [7, 11) is 0. The summed E-state index contributed by atoms with van der Waals surface area (Å²) < 4.78 is 5.36. The third-order valence-electron chi connectivity index (χ3n) is 3.88. The number of aliphatic carboxylic acids is 1. The van der Waals surface area contributed by atoms with E-state index in [1.54, 1.807) is 20.8 Å². The maximum atomic E-state index is 12.2. The molecule has 22 heavy (non-hydrogen) atoms. The number of amides is 1. The zero-order valence-corrected chi connectivity index (χ0v) is 13.5. The highest BCUT2D eigenvalue weighted by atomic mass is 16.6. The molecule has 5 heteroatoms. The number of carbonyl (C=O) groups is 2. The number of ether oxygens (including phenoxy) is 1. The van der Waals surface area contributed by atoms with E-state index in [4.69, 9.17) is 4.74 Å². The topological polar surface area (TPSA) is 66.8 Å².